The van der Waals surface area contributed by atoms with Crippen molar-refractivity contribution < 1.29 is 9.53 Å². The Bertz CT molecular complexity index is 281. The number of rotatable bonds is 15. The minimum absolute atomic E-state index is 0.0697. The molecule has 3 nitrogen and oxygen atoms in total. The molecule has 1 fully saturated rings. The first-order chi connectivity index (χ1) is 10.8. The van der Waals surface area contributed by atoms with Gasteiger partial charge in [-0.2, -0.15) is 0 Å². The normalized spacial score (nSPS) is 20.1. The average Bonchev–Trinajstić information content (AvgIpc) is 3.28. The van der Waals surface area contributed by atoms with E-state index in [1.165, 1.54) is 77.7 Å². The first-order valence-corrected chi connectivity index (χ1v) is 9.60. The highest BCUT2D eigenvalue weighted by Gasteiger charge is 2.33. The molecule has 1 heterocycles. The van der Waals surface area contributed by atoms with Gasteiger partial charge in [-0.05, 0) is 19.3 Å². The van der Waals surface area contributed by atoms with Crippen LogP contribution >= 0.6 is 0 Å². The van der Waals surface area contributed by atoms with Gasteiger partial charge in [0.25, 0.3) is 0 Å². The van der Waals surface area contributed by atoms with E-state index in [9.17, 15) is 4.79 Å². The topological polar surface area (TPSA) is 48.2 Å². The molecule has 0 aromatic heterocycles. The highest BCUT2D eigenvalue weighted by atomic mass is 16.5. The van der Waals surface area contributed by atoms with Gasteiger partial charge in [0, 0.05) is 18.5 Å². The molecule has 0 amide bonds. The highest BCUT2D eigenvalue weighted by Crippen LogP contribution is 2.24. The molecule has 0 saturated carbocycles. The van der Waals surface area contributed by atoms with Crippen LogP contribution in [0.1, 0.15) is 96.8 Å². The summed E-state index contributed by atoms with van der Waals surface area (Å²) in [4.78, 5) is 11.0. The van der Waals surface area contributed by atoms with Crippen LogP contribution in [0.25, 0.3) is 0 Å². The molecule has 1 aliphatic heterocycles. The molecule has 22 heavy (non-hydrogen) atoms. The van der Waals surface area contributed by atoms with Gasteiger partial charge in [-0.25, -0.2) is 0 Å². The lowest BCUT2D eigenvalue weighted by atomic mass is 10.0. The van der Waals surface area contributed by atoms with Crippen LogP contribution in [-0.4, -0.2) is 25.2 Å². The number of carbonyl (C=O) groups excluding carboxylic acids is 1. The standard InChI is InChI=1S/C19H37NO2/c1-3-4-5-6-8-11-14-17-18(20-17)15-12-9-7-10-13-16-19(21)22-2/h17-18,20H,3-16H2,1-2H3/t17-,18-/m0/s1. The van der Waals surface area contributed by atoms with Gasteiger partial charge in [0.2, 0.25) is 0 Å². The largest absolute Gasteiger partial charge is 0.469 e. The second-order valence-corrected chi connectivity index (χ2v) is 6.82. The lowest BCUT2D eigenvalue weighted by Crippen LogP contribution is -1.99. The van der Waals surface area contributed by atoms with Crippen LogP contribution in [0.3, 0.4) is 0 Å². The number of esters is 1. The van der Waals surface area contributed by atoms with E-state index in [1.807, 2.05) is 0 Å². The van der Waals surface area contributed by atoms with Gasteiger partial charge in [-0.3, -0.25) is 4.79 Å². The minimum Gasteiger partial charge on any atom is -0.469 e. The van der Waals surface area contributed by atoms with Crippen molar-refractivity contribution in [2.45, 2.75) is 109 Å². The molecule has 130 valence electrons. The maximum absolute atomic E-state index is 11.0. The number of methoxy groups -OCH3 is 1. The third-order valence-corrected chi connectivity index (χ3v) is 4.80. The van der Waals surface area contributed by atoms with E-state index in [4.69, 9.17) is 0 Å². The Balaban J connectivity index is 1.77. The van der Waals surface area contributed by atoms with Crippen LogP contribution in [-0.2, 0) is 9.53 Å². The van der Waals surface area contributed by atoms with Gasteiger partial charge >= 0.3 is 5.97 Å². The van der Waals surface area contributed by atoms with Crippen molar-refractivity contribution in [3.8, 4) is 0 Å². The SMILES string of the molecule is CCCCCCCC[C@@H]1N[C@H]1CCCCCCCC(=O)OC. The Morgan fingerprint density at radius 3 is 1.86 bits per heavy atom. The second kappa shape index (κ2) is 12.9. The predicted octanol–water partition coefficient (Wildman–Crippen LogP) is 4.98. The van der Waals surface area contributed by atoms with Gasteiger partial charge in [-0.15, -0.1) is 0 Å². The molecule has 0 radical (unpaired) electrons. The van der Waals surface area contributed by atoms with Gasteiger partial charge in [-0.1, -0.05) is 71.1 Å². The monoisotopic (exact) mass is 311 g/mol. The maximum atomic E-state index is 11.0. The Morgan fingerprint density at radius 2 is 1.32 bits per heavy atom. The summed E-state index contributed by atoms with van der Waals surface area (Å²) >= 11 is 0. The van der Waals surface area contributed by atoms with Crippen LogP contribution in [0.4, 0.5) is 0 Å². The van der Waals surface area contributed by atoms with Crippen molar-refractivity contribution in [2.24, 2.45) is 0 Å². The first kappa shape index (κ1) is 19.5. The van der Waals surface area contributed by atoms with E-state index in [1.54, 1.807) is 0 Å². The first-order valence-electron chi connectivity index (χ1n) is 9.60. The lowest BCUT2D eigenvalue weighted by Gasteiger charge is -2.02. The Kier molecular flexibility index (Phi) is 11.4. The van der Waals surface area contributed by atoms with Crippen LogP contribution in [0.15, 0.2) is 0 Å². The van der Waals surface area contributed by atoms with Crippen molar-refractivity contribution in [2.75, 3.05) is 7.11 Å². The van der Waals surface area contributed by atoms with E-state index in [2.05, 4.69) is 17.0 Å². The molecule has 1 N–H and O–H groups in total. The fourth-order valence-corrected chi connectivity index (χ4v) is 3.20. The molecular formula is C19H37NO2. The quantitative estimate of drug-likeness (QED) is 0.263. The van der Waals surface area contributed by atoms with E-state index in [-0.39, 0.29) is 5.97 Å². The number of unbranched alkanes of at least 4 members (excludes halogenated alkanes) is 9. The zero-order valence-electron chi connectivity index (χ0n) is 14.9. The fourth-order valence-electron chi connectivity index (χ4n) is 3.20. The number of nitrogens with one attached hydrogen (secondary N) is 1. The summed E-state index contributed by atoms with van der Waals surface area (Å²) in [5.41, 5.74) is 0. The summed E-state index contributed by atoms with van der Waals surface area (Å²) in [6, 6.07) is 1.64. The second-order valence-electron chi connectivity index (χ2n) is 6.82. The summed E-state index contributed by atoms with van der Waals surface area (Å²) in [7, 11) is 1.46. The predicted molar refractivity (Wildman–Crippen MR) is 93.0 cm³/mol. The lowest BCUT2D eigenvalue weighted by molar-refractivity contribution is -0.140. The zero-order chi connectivity index (χ0) is 16.0. The molecule has 1 saturated heterocycles. The van der Waals surface area contributed by atoms with Crippen molar-refractivity contribution in [1.82, 2.24) is 5.32 Å². The van der Waals surface area contributed by atoms with E-state index in [0.29, 0.717) is 6.42 Å². The molecule has 1 aliphatic rings. The number of ether oxygens (including phenoxy) is 1. The van der Waals surface area contributed by atoms with Crippen LogP contribution in [0.2, 0.25) is 0 Å². The highest BCUT2D eigenvalue weighted by molar-refractivity contribution is 5.68. The van der Waals surface area contributed by atoms with Gasteiger partial charge < -0.3 is 10.1 Å². The molecule has 0 unspecified atom stereocenters. The maximum Gasteiger partial charge on any atom is 0.305 e. The van der Waals surface area contributed by atoms with Gasteiger partial charge in [0.05, 0.1) is 7.11 Å². The zero-order valence-corrected chi connectivity index (χ0v) is 14.9. The van der Waals surface area contributed by atoms with E-state index < -0.39 is 0 Å². The van der Waals surface area contributed by atoms with Crippen LogP contribution in [0.5, 0.6) is 0 Å². The number of hydrogen-bond donors (Lipinski definition) is 1. The van der Waals surface area contributed by atoms with Crippen LogP contribution < -0.4 is 5.32 Å². The van der Waals surface area contributed by atoms with Crippen molar-refractivity contribution in [3.63, 3.8) is 0 Å². The fraction of sp³-hybridized carbons (Fsp3) is 0.947. The number of carbonyl (C=O) groups is 1. The third-order valence-electron chi connectivity index (χ3n) is 4.80. The van der Waals surface area contributed by atoms with Gasteiger partial charge in [0.15, 0.2) is 0 Å². The Hall–Kier alpha value is -0.570. The molecule has 0 aromatic rings. The van der Waals surface area contributed by atoms with Crippen molar-refractivity contribution >= 4 is 5.97 Å². The molecule has 0 aliphatic carbocycles. The third kappa shape index (κ3) is 10.2. The molecule has 3 heteroatoms. The van der Waals surface area contributed by atoms with Gasteiger partial charge in [0.1, 0.15) is 0 Å². The summed E-state index contributed by atoms with van der Waals surface area (Å²) in [5, 5.41) is 3.63. The molecule has 0 spiro atoms. The van der Waals surface area contributed by atoms with E-state index >= 15 is 0 Å². The summed E-state index contributed by atoms with van der Waals surface area (Å²) < 4.78 is 4.64. The van der Waals surface area contributed by atoms with E-state index in [0.717, 1.165) is 24.9 Å². The summed E-state index contributed by atoms with van der Waals surface area (Å²) in [6.45, 7) is 2.28. The minimum atomic E-state index is -0.0697. The molecular weight excluding hydrogens is 274 g/mol. The number of hydrogen-bond acceptors (Lipinski definition) is 3. The van der Waals surface area contributed by atoms with Crippen molar-refractivity contribution in [1.29, 1.82) is 0 Å². The smallest absolute Gasteiger partial charge is 0.305 e. The Labute approximate surface area is 137 Å². The summed E-state index contributed by atoms with van der Waals surface area (Å²) in [6.07, 6.45) is 17.8. The molecule has 0 bridgehead atoms. The van der Waals surface area contributed by atoms with Crippen LogP contribution in [0, 0.1) is 0 Å². The summed E-state index contributed by atoms with van der Waals surface area (Å²) in [5.74, 6) is -0.0697. The molecule has 0 aromatic carbocycles. The van der Waals surface area contributed by atoms with Crippen molar-refractivity contribution in [3.05, 3.63) is 0 Å². The Morgan fingerprint density at radius 1 is 0.818 bits per heavy atom. The molecule has 1 rings (SSSR count). The molecule has 2 atom stereocenters. The average molecular weight is 312 g/mol.